The fourth-order valence-electron chi connectivity index (χ4n) is 2.11. The van der Waals surface area contributed by atoms with Crippen LogP contribution in [0.2, 0.25) is 0 Å². The smallest absolute Gasteiger partial charge is 0.262 e. The Balaban J connectivity index is 2.00. The Morgan fingerprint density at radius 2 is 2.05 bits per heavy atom. The molecule has 0 aliphatic carbocycles. The highest BCUT2D eigenvalue weighted by Gasteiger charge is 2.28. The first-order chi connectivity index (χ1) is 10.00. The van der Waals surface area contributed by atoms with E-state index in [9.17, 15) is 8.42 Å². The minimum Gasteiger partial charge on any atom is -0.381 e. The summed E-state index contributed by atoms with van der Waals surface area (Å²) in [6.45, 7) is 0.278. The maximum Gasteiger partial charge on any atom is 0.262 e. The summed E-state index contributed by atoms with van der Waals surface area (Å²) >= 11 is 1.34. The lowest BCUT2D eigenvalue weighted by Gasteiger charge is -2.17. The van der Waals surface area contributed by atoms with Crippen molar-refractivity contribution in [3.8, 4) is 0 Å². The molecule has 0 amide bonds. The predicted octanol–water partition coefficient (Wildman–Crippen LogP) is 1.80. The summed E-state index contributed by atoms with van der Waals surface area (Å²) in [5, 5.41) is 1.80. The zero-order chi connectivity index (χ0) is 15.0. The largest absolute Gasteiger partial charge is 0.381 e. The minimum absolute atomic E-state index is 0.0252. The second-order valence-corrected chi connectivity index (χ2v) is 7.44. The van der Waals surface area contributed by atoms with Gasteiger partial charge >= 0.3 is 0 Å². The maximum absolute atomic E-state index is 12.7. The molecule has 8 heteroatoms. The molecule has 0 atom stereocenters. The van der Waals surface area contributed by atoms with Gasteiger partial charge in [0.25, 0.3) is 10.0 Å². The van der Waals surface area contributed by atoms with Crippen molar-refractivity contribution in [1.82, 2.24) is 13.7 Å². The molecule has 0 fully saturated rings. The number of anilines is 1. The molecule has 2 aromatic heterocycles. The van der Waals surface area contributed by atoms with Gasteiger partial charge in [-0.3, -0.25) is 4.40 Å². The number of fused-ring (bicyclic) bond motifs is 1. The van der Waals surface area contributed by atoms with Gasteiger partial charge in [0.1, 0.15) is 0 Å². The first-order valence-electron chi connectivity index (χ1n) is 6.21. The van der Waals surface area contributed by atoms with E-state index in [4.69, 9.17) is 5.73 Å². The van der Waals surface area contributed by atoms with Crippen molar-refractivity contribution in [2.24, 2.45) is 0 Å². The van der Waals surface area contributed by atoms with Crippen LogP contribution >= 0.6 is 11.3 Å². The minimum atomic E-state index is -3.71. The SMILES string of the molecule is CN(Cc1ccccc1)S(=O)(=O)c1c(N)nc2sccn12. The highest BCUT2D eigenvalue weighted by Crippen LogP contribution is 2.26. The van der Waals surface area contributed by atoms with Crippen LogP contribution in [0.3, 0.4) is 0 Å². The van der Waals surface area contributed by atoms with E-state index < -0.39 is 10.0 Å². The second-order valence-electron chi connectivity index (χ2n) is 4.60. The molecule has 0 spiro atoms. The molecule has 0 bridgehead atoms. The lowest BCUT2D eigenvalue weighted by molar-refractivity contribution is 0.463. The van der Waals surface area contributed by atoms with Gasteiger partial charge in [-0.05, 0) is 5.56 Å². The molecule has 0 radical (unpaired) electrons. The number of nitrogens with two attached hydrogens (primary N) is 1. The highest BCUT2D eigenvalue weighted by atomic mass is 32.2. The van der Waals surface area contributed by atoms with Crippen LogP contribution in [0.5, 0.6) is 0 Å². The van der Waals surface area contributed by atoms with E-state index in [1.807, 2.05) is 30.3 Å². The summed E-state index contributed by atoms with van der Waals surface area (Å²) in [5.41, 5.74) is 6.69. The molecule has 0 unspecified atom stereocenters. The Morgan fingerprint density at radius 3 is 2.76 bits per heavy atom. The second kappa shape index (κ2) is 5.14. The molecule has 0 aliphatic heterocycles. The Hall–Kier alpha value is -1.90. The van der Waals surface area contributed by atoms with Gasteiger partial charge in [-0.2, -0.15) is 4.31 Å². The highest BCUT2D eigenvalue weighted by molar-refractivity contribution is 7.89. The number of thiazole rings is 1. The molecule has 21 heavy (non-hydrogen) atoms. The molecule has 2 heterocycles. The van der Waals surface area contributed by atoms with Crippen molar-refractivity contribution in [3.63, 3.8) is 0 Å². The Labute approximate surface area is 126 Å². The van der Waals surface area contributed by atoms with Gasteiger partial charge in [-0.15, -0.1) is 11.3 Å². The number of benzene rings is 1. The van der Waals surface area contributed by atoms with Crippen LogP contribution in [-0.2, 0) is 16.6 Å². The zero-order valence-electron chi connectivity index (χ0n) is 11.3. The normalized spacial score (nSPS) is 12.3. The lowest BCUT2D eigenvalue weighted by Crippen LogP contribution is -2.28. The van der Waals surface area contributed by atoms with Gasteiger partial charge in [-0.25, -0.2) is 13.4 Å². The number of rotatable bonds is 4. The number of aromatic nitrogens is 2. The van der Waals surface area contributed by atoms with Gasteiger partial charge in [0.2, 0.25) is 0 Å². The molecular formula is C13H14N4O2S2. The number of nitrogens with zero attached hydrogens (tertiary/aromatic N) is 3. The Bertz CT molecular complexity index is 868. The van der Waals surface area contributed by atoms with Crippen molar-refractivity contribution in [3.05, 3.63) is 47.5 Å². The van der Waals surface area contributed by atoms with E-state index in [1.54, 1.807) is 11.6 Å². The van der Waals surface area contributed by atoms with Gasteiger partial charge in [-0.1, -0.05) is 30.3 Å². The average molecular weight is 322 g/mol. The summed E-state index contributed by atoms with van der Waals surface area (Å²) in [5.74, 6) is 0.0294. The van der Waals surface area contributed by atoms with E-state index in [0.29, 0.717) is 4.96 Å². The lowest BCUT2D eigenvalue weighted by atomic mass is 10.2. The van der Waals surface area contributed by atoms with Crippen molar-refractivity contribution >= 4 is 32.1 Å². The van der Waals surface area contributed by atoms with E-state index >= 15 is 0 Å². The summed E-state index contributed by atoms with van der Waals surface area (Å²) in [7, 11) is -2.17. The Morgan fingerprint density at radius 1 is 1.33 bits per heavy atom. The molecule has 6 nitrogen and oxygen atoms in total. The third kappa shape index (κ3) is 2.41. The van der Waals surface area contributed by atoms with Crippen molar-refractivity contribution in [1.29, 1.82) is 0 Å². The summed E-state index contributed by atoms with van der Waals surface area (Å²) < 4.78 is 28.2. The fourth-order valence-corrected chi connectivity index (χ4v) is 4.21. The summed E-state index contributed by atoms with van der Waals surface area (Å²) in [6, 6.07) is 9.40. The average Bonchev–Trinajstić information content (AvgIpc) is 2.99. The van der Waals surface area contributed by atoms with E-state index in [2.05, 4.69) is 4.98 Å². The van der Waals surface area contributed by atoms with Crippen LogP contribution in [-0.4, -0.2) is 29.2 Å². The molecule has 0 saturated carbocycles. The standard InChI is InChI=1S/C13H14N4O2S2/c1-16(9-10-5-3-2-4-6-10)21(18,19)12-11(14)15-13-17(12)7-8-20-13/h2-8H,9,14H2,1H3. The van der Waals surface area contributed by atoms with Crippen LogP contribution in [0.4, 0.5) is 5.82 Å². The van der Waals surface area contributed by atoms with Gasteiger partial charge in [0.05, 0.1) is 0 Å². The van der Waals surface area contributed by atoms with Crippen LogP contribution in [0, 0.1) is 0 Å². The molecule has 2 N–H and O–H groups in total. The number of imidazole rings is 1. The number of hydrogen-bond donors (Lipinski definition) is 1. The summed E-state index contributed by atoms with van der Waals surface area (Å²) in [6.07, 6.45) is 1.66. The predicted molar refractivity (Wildman–Crippen MR) is 82.6 cm³/mol. The third-order valence-electron chi connectivity index (χ3n) is 3.15. The maximum atomic E-state index is 12.7. The van der Waals surface area contributed by atoms with Crippen LogP contribution < -0.4 is 5.73 Å². The van der Waals surface area contributed by atoms with E-state index in [0.717, 1.165) is 5.56 Å². The number of sulfonamides is 1. The van der Waals surface area contributed by atoms with Crippen LogP contribution in [0.1, 0.15) is 5.56 Å². The molecule has 0 saturated heterocycles. The molecule has 3 aromatic rings. The molecule has 1 aromatic carbocycles. The Kier molecular flexibility index (Phi) is 3.44. The monoisotopic (exact) mass is 322 g/mol. The van der Waals surface area contributed by atoms with Crippen LogP contribution in [0.15, 0.2) is 46.9 Å². The molecule has 0 aliphatic rings. The van der Waals surface area contributed by atoms with Gasteiger partial charge in [0, 0.05) is 25.2 Å². The molecular weight excluding hydrogens is 308 g/mol. The molecule has 3 rings (SSSR count). The third-order valence-corrected chi connectivity index (χ3v) is 5.75. The number of hydrogen-bond acceptors (Lipinski definition) is 5. The van der Waals surface area contributed by atoms with Crippen molar-refractivity contribution in [2.45, 2.75) is 11.6 Å². The van der Waals surface area contributed by atoms with Gasteiger partial charge < -0.3 is 5.73 Å². The van der Waals surface area contributed by atoms with E-state index in [-0.39, 0.29) is 17.4 Å². The van der Waals surface area contributed by atoms with Gasteiger partial charge in [0.15, 0.2) is 15.8 Å². The quantitative estimate of drug-likeness (QED) is 0.794. The van der Waals surface area contributed by atoms with Crippen LogP contribution in [0.25, 0.3) is 4.96 Å². The topological polar surface area (TPSA) is 80.7 Å². The first kappa shape index (κ1) is 14.1. The van der Waals surface area contributed by atoms with Crippen molar-refractivity contribution < 1.29 is 8.42 Å². The number of nitrogen functional groups attached to an aromatic ring is 1. The summed E-state index contributed by atoms with van der Waals surface area (Å²) in [4.78, 5) is 4.65. The first-order valence-corrected chi connectivity index (χ1v) is 8.53. The van der Waals surface area contributed by atoms with Crippen molar-refractivity contribution in [2.75, 3.05) is 12.8 Å². The fraction of sp³-hybridized carbons (Fsp3) is 0.154. The zero-order valence-corrected chi connectivity index (χ0v) is 12.9. The van der Waals surface area contributed by atoms with E-state index in [1.165, 1.54) is 27.1 Å². The molecule has 110 valence electrons.